The molecule has 108 valence electrons. The van der Waals surface area contributed by atoms with Crippen molar-refractivity contribution in [1.29, 1.82) is 0 Å². The molecule has 1 aromatic rings. The van der Waals surface area contributed by atoms with Crippen LogP contribution >= 0.6 is 27.5 Å². The number of halogens is 2. The van der Waals surface area contributed by atoms with E-state index in [0.717, 1.165) is 10.7 Å². The summed E-state index contributed by atoms with van der Waals surface area (Å²) >= 11 is 8.86. The maximum absolute atomic E-state index is 11.7. The second kappa shape index (κ2) is 7.54. The molecule has 1 heterocycles. The average molecular weight is 370 g/mol. The maximum Gasteiger partial charge on any atom is 0.283 e. The van der Waals surface area contributed by atoms with Crippen LogP contribution in [-0.2, 0) is 16.2 Å². The van der Waals surface area contributed by atoms with Gasteiger partial charge in [-0.05, 0) is 28.0 Å². The lowest BCUT2D eigenvalue weighted by atomic mass is 10.6. The van der Waals surface area contributed by atoms with Crippen LogP contribution in [-0.4, -0.2) is 31.3 Å². The van der Waals surface area contributed by atoms with Gasteiger partial charge in [0, 0.05) is 14.7 Å². The fraction of sp³-hybridized carbons (Fsp3) is 0.636. The zero-order valence-corrected chi connectivity index (χ0v) is 14.6. The van der Waals surface area contributed by atoms with Crippen LogP contribution in [0.2, 0.25) is 30.8 Å². The van der Waals surface area contributed by atoms with Gasteiger partial charge in [-0.2, -0.15) is 5.10 Å². The Bertz CT molecular complexity index is 476. The van der Waals surface area contributed by atoms with Crippen LogP contribution in [0.15, 0.2) is 15.3 Å². The monoisotopic (exact) mass is 368 g/mol. The van der Waals surface area contributed by atoms with Gasteiger partial charge < -0.3 is 9.47 Å². The molecule has 19 heavy (non-hydrogen) atoms. The van der Waals surface area contributed by atoms with E-state index in [1.165, 1.54) is 6.07 Å². The molecule has 0 aliphatic rings. The summed E-state index contributed by atoms with van der Waals surface area (Å²) < 4.78 is 12.1. The molecule has 1 rings (SSSR count). The van der Waals surface area contributed by atoms with E-state index in [9.17, 15) is 4.79 Å². The van der Waals surface area contributed by atoms with E-state index in [1.54, 1.807) is 0 Å². The lowest BCUT2D eigenvalue weighted by molar-refractivity contribution is -0.0793. The van der Waals surface area contributed by atoms with E-state index >= 15 is 0 Å². The highest BCUT2D eigenvalue weighted by molar-refractivity contribution is 9.10. The lowest BCUT2D eigenvalue weighted by Crippen LogP contribution is -2.25. The van der Waals surface area contributed by atoms with E-state index in [2.05, 4.69) is 40.7 Å². The Kier molecular flexibility index (Phi) is 6.68. The zero-order valence-electron chi connectivity index (χ0n) is 11.3. The molecule has 0 saturated heterocycles. The van der Waals surface area contributed by atoms with Gasteiger partial charge in [0.2, 0.25) is 0 Å². The first-order chi connectivity index (χ1) is 8.79. The quantitative estimate of drug-likeness (QED) is 0.421. The van der Waals surface area contributed by atoms with E-state index in [4.69, 9.17) is 21.1 Å². The molecule has 0 aliphatic heterocycles. The van der Waals surface area contributed by atoms with Crippen LogP contribution in [0.1, 0.15) is 0 Å². The standard InChI is InChI=1S/C11H18BrClN2O3Si/c1-19(2,3)5-4-17-8-18-7-15-11(16)9(12)6-10(13)14-15/h6H,4-5,7-8H2,1-3H3. The molecule has 0 saturated carbocycles. The maximum atomic E-state index is 11.7. The summed E-state index contributed by atoms with van der Waals surface area (Å²) in [7, 11) is -1.08. The molecule has 1 aromatic heterocycles. The minimum atomic E-state index is -1.08. The van der Waals surface area contributed by atoms with Gasteiger partial charge in [0.15, 0.2) is 5.15 Å². The van der Waals surface area contributed by atoms with Crippen molar-refractivity contribution in [3.8, 4) is 0 Å². The van der Waals surface area contributed by atoms with Gasteiger partial charge in [-0.1, -0.05) is 31.2 Å². The van der Waals surface area contributed by atoms with Crippen LogP contribution in [0.25, 0.3) is 0 Å². The molecule has 0 fully saturated rings. The molecule has 0 N–H and O–H groups in total. The summed E-state index contributed by atoms with van der Waals surface area (Å²) in [5, 5.41) is 4.09. The molecular weight excluding hydrogens is 352 g/mol. The third kappa shape index (κ3) is 6.67. The second-order valence-corrected chi connectivity index (χ2v) is 12.2. The van der Waals surface area contributed by atoms with Gasteiger partial charge in [0.05, 0.1) is 4.47 Å². The highest BCUT2D eigenvalue weighted by Gasteiger charge is 2.12. The first-order valence-electron chi connectivity index (χ1n) is 5.88. The highest BCUT2D eigenvalue weighted by atomic mass is 79.9. The molecule has 0 aliphatic carbocycles. The predicted molar refractivity (Wildman–Crippen MR) is 81.3 cm³/mol. The van der Waals surface area contributed by atoms with Crippen LogP contribution in [0.4, 0.5) is 0 Å². The van der Waals surface area contributed by atoms with Crippen LogP contribution < -0.4 is 5.56 Å². The van der Waals surface area contributed by atoms with Gasteiger partial charge in [0.25, 0.3) is 5.56 Å². The molecule has 0 radical (unpaired) electrons. The summed E-state index contributed by atoms with van der Waals surface area (Å²) in [6, 6.07) is 2.53. The number of ether oxygens (including phenoxy) is 2. The van der Waals surface area contributed by atoms with Gasteiger partial charge in [-0.25, -0.2) is 4.68 Å². The second-order valence-electron chi connectivity index (χ2n) is 5.29. The van der Waals surface area contributed by atoms with Crippen LogP contribution in [0.5, 0.6) is 0 Å². The van der Waals surface area contributed by atoms with E-state index in [-0.39, 0.29) is 24.2 Å². The summed E-state index contributed by atoms with van der Waals surface area (Å²) in [6.07, 6.45) is 0. The topological polar surface area (TPSA) is 53.4 Å². The molecule has 0 amide bonds. The first-order valence-corrected chi connectivity index (χ1v) is 10.8. The predicted octanol–water partition coefficient (Wildman–Crippen LogP) is 2.95. The Balaban J connectivity index is 2.32. The minimum Gasteiger partial charge on any atom is -0.356 e. The molecule has 0 bridgehead atoms. The van der Waals surface area contributed by atoms with Crippen molar-refractivity contribution >= 4 is 35.6 Å². The smallest absolute Gasteiger partial charge is 0.283 e. The summed E-state index contributed by atoms with van der Waals surface area (Å²) in [5.74, 6) is 0. The number of hydrogen-bond acceptors (Lipinski definition) is 4. The Morgan fingerprint density at radius 2 is 2.11 bits per heavy atom. The molecular formula is C11H18BrClN2O3Si. The third-order valence-electron chi connectivity index (χ3n) is 2.28. The molecule has 0 atom stereocenters. The Hall–Kier alpha value is -0.213. The Labute approximate surface area is 127 Å². The van der Waals surface area contributed by atoms with Crippen molar-refractivity contribution in [2.45, 2.75) is 32.4 Å². The van der Waals surface area contributed by atoms with Crippen molar-refractivity contribution in [3.63, 3.8) is 0 Å². The van der Waals surface area contributed by atoms with E-state index in [1.807, 2.05) is 0 Å². The third-order valence-corrected chi connectivity index (χ3v) is 4.73. The fourth-order valence-electron chi connectivity index (χ4n) is 1.19. The van der Waals surface area contributed by atoms with Gasteiger partial charge in [0.1, 0.15) is 13.5 Å². The van der Waals surface area contributed by atoms with Crippen LogP contribution in [0, 0.1) is 0 Å². The van der Waals surface area contributed by atoms with Crippen molar-refractivity contribution in [1.82, 2.24) is 9.78 Å². The zero-order chi connectivity index (χ0) is 14.5. The number of rotatable bonds is 7. The van der Waals surface area contributed by atoms with Crippen molar-refractivity contribution in [3.05, 3.63) is 26.0 Å². The van der Waals surface area contributed by atoms with Crippen molar-refractivity contribution in [2.24, 2.45) is 0 Å². The Morgan fingerprint density at radius 3 is 2.74 bits per heavy atom. The van der Waals surface area contributed by atoms with E-state index < -0.39 is 8.07 Å². The highest BCUT2D eigenvalue weighted by Crippen LogP contribution is 2.09. The summed E-state index contributed by atoms with van der Waals surface area (Å²) in [5.41, 5.74) is -0.286. The number of aromatic nitrogens is 2. The van der Waals surface area contributed by atoms with Gasteiger partial charge in [-0.15, -0.1) is 0 Å². The van der Waals surface area contributed by atoms with Crippen molar-refractivity contribution in [2.75, 3.05) is 13.4 Å². The lowest BCUT2D eigenvalue weighted by Gasteiger charge is -2.15. The number of hydrogen-bond donors (Lipinski definition) is 0. The molecule has 0 aromatic carbocycles. The van der Waals surface area contributed by atoms with E-state index in [0.29, 0.717) is 11.1 Å². The fourth-order valence-corrected chi connectivity index (χ4v) is 2.70. The largest absolute Gasteiger partial charge is 0.356 e. The summed E-state index contributed by atoms with van der Waals surface area (Å²) in [4.78, 5) is 11.7. The first kappa shape index (κ1) is 16.8. The number of nitrogens with zero attached hydrogens (tertiary/aromatic N) is 2. The minimum absolute atomic E-state index is 0.0188. The van der Waals surface area contributed by atoms with Crippen LogP contribution in [0.3, 0.4) is 0 Å². The SMILES string of the molecule is C[Si](C)(C)CCOCOCn1nc(Cl)cc(Br)c1=O. The molecule has 5 nitrogen and oxygen atoms in total. The average Bonchev–Trinajstić information content (AvgIpc) is 2.28. The summed E-state index contributed by atoms with van der Waals surface area (Å²) in [6.45, 7) is 7.68. The molecule has 8 heteroatoms. The van der Waals surface area contributed by atoms with Gasteiger partial charge in [-0.3, -0.25) is 4.79 Å². The molecule has 0 spiro atoms. The van der Waals surface area contributed by atoms with Crippen molar-refractivity contribution < 1.29 is 9.47 Å². The normalized spacial score (nSPS) is 11.8. The van der Waals surface area contributed by atoms with Gasteiger partial charge >= 0.3 is 0 Å². The molecule has 0 unspecified atom stereocenters. The Morgan fingerprint density at radius 1 is 1.42 bits per heavy atom.